The molecule has 0 unspecified atom stereocenters. The second-order valence-corrected chi connectivity index (χ2v) is 11.9. The van der Waals surface area contributed by atoms with E-state index in [2.05, 4.69) is 58.0 Å². The summed E-state index contributed by atoms with van der Waals surface area (Å²) in [4.78, 5) is 13.7. The van der Waals surface area contributed by atoms with Gasteiger partial charge in [-0.05, 0) is 68.2 Å². The number of rotatable bonds is 10. The smallest absolute Gasteiger partial charge is 0.126 e. The molecule has 0 fully saturated rings. The standard InChI is InChI=1S/C28H33N2S3.Pr/c1-6-11-31-21-9-10-26(27(16-21)32-12-7-2)33-17-25-24-15-20(8-3)22-13-18(4)14-23(22)28(24)30-19(5)29-25;/h9,14-16H,6-8,11-13,17H2,1-5H3;/q-1;. The minimum absolute atomic E-state index is 0. The molecular weight excluding hydrogens is 601 g/mol. The van der Waals surface area contributed by atoms with E-state index >= 15 is 0 Å². The monoisotopic (exact) mass is 634 g/mol. The fourth-order valence-corrected chi connectivity index (χ4v) is 7.14. The van der Waals surface area contributed by atoms with Crippen LogP contribution in [0.4, 0.5) is 0 Å². The largest absolute Gasteiger partial charge is 0.237 e. The summed E-state index contributed by atoms with van der Waals surface area (Å²) in [5.41, 5.74) is 7.91. The molecule has 0 aliphatic heterocycles. The first kappa shape index (κ1) is 28.5. The van der Waals surface area contributed by atoms with Crippen LogP contribution in [0, 0.1) is 54.3 Å². The number of benzene rings is 2. The molecule has 177 valence electrons. The minimum atomic E-state index is 0. The van der Waals surface area contributed by atoms with Crippen molar-refractivity contribution in [2.75, 3.05) is 11.5 Å². The van der Waals surface area contributed by atoms with Crippen LogP contribution in [0.3, 0.4) is 0 Å². The molecule has 0 saturated carbocycles. The molecule has 2 aromatic carbocycles. The number of thioether (sulfide) groups is 3. The summed E-state index contributed by atoms with van der Waals surface area (Å²) in [6.45, 7) is 11.0. The summed E-state index contributed by atoms with van der Waals surface area (Å²) in [6.07, 6.45) is 6.80. The van der Waals surface area contributed by atoms with Crippen molar-refractivity contribution in [3.63, 3.8) is 0 Å². The number of aryl methyl sites for hydroxylation is 2. The number of hydrogen-bond donors (Lipinski definition) is 0. The Morgan fingerprint density at radius 1 is 0.971 bits per heavy atom. The minimum Gasteiger partial charge on any atom is -0.237 e. The zero-order valence-corrected chi connectivity index (χ0v) is 27.1. The third-order valence-electron chi connectivity index (χ3n) is 5.78. The predicted octanol–water partition coefficient (Wildman–Crippen LogP) is 8.56. The number of allylic oxidation sites excluding steroid dienone is 1. The molecule has 34 heavy (non-hydrogen) atoms. The summed E-state index contributed by atoms with van der Waals surface area (Å²) < 4.78 is 0. The third kappa shape index (κ3) is 6.62. The molecule has 6 heteroatoms. The Morgan fingerprint density at radius 3 is 2.47 bits per heavy atom. The maximum absolute atomic E-state index is 4.91. The van der Waals surface area contributed by atoms with Gasteiger partial charge >= 0.3 is 0 Å². The molecule has 0 bridgehead atoms. The van der Waals surface area contributed by atoms with Crippen LogP contribution in [0.1, 0.15) is 68.7 Å². The topological polar surface area (TPSA) is 25.8 Å². The molecule has 1 aliphatic carbocycles. The van der Waals surface area contributed by atoms with Gasteiger partial charge in [0, 0.05) is 58.0 Å². The predicted molar refractivity (Wildman–Crippen MR) is 148 cm³/mol. The molecule has 4 rings (SSSR count). The van der Waals surface area contributed by atoms with E-state index in [0.717, 1.165) is 47.1 Å². The zero-order chi connectivity index (χ0) is 23.4. The molecule has 1 heterocycles. The van der Waals surface area contributed by atoms with E-state index in [1.54, 1.807) is 0 Å². The van der Waals surface area contributed by atoms with Crippen LogP contribution < -0.4 is 0 Å². The van der Waals surface area contributed by atoms with E-state index in [1.165, 1.54) is 55.2 Å². The molecule has 0 amide bonds. The van der Waals surface area contributed by atoms with Gasteiger partial charge in [0.05, 0.1) is 11.2 Å². The molecular formula is C28H33N2PrS3-. The fraction of sp³-hybridized carbons (Fsp3) is 0.429. The van der Waals surface area contributed by atoms with Gasteiger partial charge < -0.3 is 0 Å². The Labute approximate surface area is 251 Å². The normalized spacial score (nSPS) is 12.6. The van der Waals surface area contributed by atoms with Gasteiger partial charge in [0.25, 0.3) is 0 Å². The van der Waals surface area contributed by atoms with E-state index in [0.29, 0.717) is 0 Å². The van der Waals surface area contributed by atoms with Crippen LogP contribution in [0.2, 0.25) is 0 Å². The van der Waals surface area contributed by atoms with Gasteiger partial charge in [-0.2, -0.15) is 35.7 Å². The van der Waals surface area contributed by atoms with Crippen LogP contribution in [-0.2, 0) is 18.6 Å². The average Bonchev–Trinajstić information content (AvgIpc) is 3.21. The molecule has 2 nitrogen and oxygen atoms in total. The van der Waals surface area contributed by atoms with Crippen LogP contribution >= 0.6 is 35.3 Å². The molecule has 1 radical (unpaired) electrons. The third-order valence-corrected chi connectivity index (χ3v) is 9.38. The van der Waals surface area contributed by atoms with Gasteiger partial charge in [-0.1, -0.05) is 42.2 Å². The van der Waals surface area contributed by atoms with E-state index < -0.39 is 0 Å². The maximum Gasteiger partial charge on any atom is 0.126 e. The summed E-state index contributed by atoms with van der Waals surface area (Å²) in [6, 6.07) is 10.5. The maximum atomic E-state index is 4.91. The Balaban J connectivity index is 0.00000324. The van der Waals surface area contributed by atoms with Crippen molar-refractivity contribution in [3.05, 3.63) is 58.0 Å². The SMILES string of the molecule is CCCSc1c[c-]c(SCc2nc(C)nc3c4c(c(CC)cc23)CC(C)=C4)c(SCCC)c1.[Pr]. The van der Waals surface area contributed by atoms with Gasteiger partial charge in [0.2, 0.25) is 0 Å². The van der Waals surface area contributed by atoms with Crippen LogP contribution in [0.25, 0.3) is 17.0 Å². The van der Waals surface area contributed by atoms with Crippen molar-refractivity contribution in [3.8, 4) is 0 Å². The van der Waals surface area contributed by atoms with Crippen molar-refractivity contribution in [1.82, 2.24) is 9.97 Å². The first-order valence-corrected chi connectivity index (χ1v) is 14.9. The van der Waals surface area contributed by atoms with Gasteiger partial charge in [0.1, 0.15) is 5.82 Å². The summed E-state index contributed by atoms with van der Waals surface area (Å²) in [7, 11) is 0. The summed E-state index contributed by atoms with van der Waals surface area (Å²) in [5, 5.41) is 1.22. The fourth-order valence-electron chi connectivity index (χ4n) is 4.26. The quantitative estimate of drug-likeness (QED) is 0.165. The second kappa shape index (κ2) is 13.5. The van der Waals surface area contributed by atoms with Gasteiger partial charge in [-0.3, -0.25) is 0 Å². The Hall–Kier alpha value is -0.0664. The molecule has 0 N–H and O–H groups in total. The first-order valence-electron chi connectivity index (χ1n) is 12.0. The van der Waals surface area contributed by atoms with Crippen molar-refractivity contribution < 1.29 is 41.3 Å². The zero-order valence-electron chi connectivity index (χ0n) is 21.0. The summed E-state index contributed by atoms with van der Waals surface area (Å²) >= 11 is 5.75. The Morgan fingerprint density at radius 2 is 1.74 bits per heavy atom. The second-order valence-electron chi connectivity index (χ2n) is 8.58. The Bertz CT molecular complexity index is 1190. The van der Waals surface area contributed by atoms with E-state index in [1.807, 2.05) is 42.2 Å². The van der Waals surface area contributed by atoms with E-state index in [4.69, 9.17) is 9.97 Å². The van der Waals surface area contributed by atoms with Gasteiger partial charge in [0.15, 0.2) is 0 Å². The van der Waals surface area contributed by atoms with Crippen molar-refractivity contribution in [2.24, 2.45) is 0 Å². The van der Waals surface area contributed by atoms with E-state index in [9.17, 15) is 0 Å². The average molecular weight is 635 g/mol. The molecule has 1 aliphatic rings. The Kier molecular flexibility index (Phi) is 11.3. The number of nitrogens with zero attached hydrogens (tertiary/aromatic N) is 2. The number of aromatic nitrogens is 2. The van der Waals surface area contributed by atoms with E-state index in [-0.39, 0.29) is 41.3 Å². The van der Waals surface area contributed by atoms with Crippen molar-refractivity contribution in [2.45, 2.75) is 80.7 Å². The molecule has 1 aromatic heterocycles. The van der Waals surface area contributed by atoms with Gasteiger partial charge in [-0.25, -0.2) is 9.97 Å². The van der Waals surface area contributed by atoms with Gasteiger partial charge in [-0.15, -0.1) is 22.7 Å². The van der Waals surface area contributed by atoms with Crippen molar-refractivity contribution >= 4 is 52.3 Å². The molecule has 0 saturated heterocycles. The van der Waals surface area contributed by atoms with Crippen LogP contribution in [-0.4, -0.2) is 21.5 Å². The first-order chi connectivity index (χ1) is 16.0. The van der Waals surface area contributed by atoms with Crippen LogP contribution in [0.15, 0.2) is 38.5 Å². The number of hydrogen-bond acceptors (Lipinski definition) is 5. The molecule has 0 atom stereocenters. The number of fused-ring (bicyclic) bond motifs is 3. The molecule has 3 aromatic rings. The summed E-state index contributed by atoms with van der Waals surface area (Å²) in [5.74, 6) is 3.99. The van der Waals surface area contributed by atoms with Crippen LogP contribution in [0.5, 0.6) is 0 Å². The van der Waals surface area contributed by atoms with Crippen molar-refractivity contribution in [1.29, 1.82) is 0 Å². The molecule has 0 spiro atoms.